The average molecular weight is 327 g/mol. The van der Waals surface area contributed by atoms with E-state index in [1.54, 1.807) is 18.3 Å². The van der Waals surface area contributed by atoms with E-state index in [0.717, 1.165) is 0 Å². The Labute approximate surface area is 137 Å². The SMILES string of the molecule is CCOc1ncccc1NC(=O)c1cnn(-c2ccc(F)cc2)n1. The number of pyridine rings is 1. The highest BCUT2D eigenvalue weighted by Gasteiger charge is 2.14. The number of amides is 1. The van der Waals surface area contributed by atoms with Gasteiger partial charge in [-0.25, -0.2) is 9.37 Å². The van der Waals surface area contributed by atoms with E-state index in [4.69, 9.17) is 4.74 Å². The lowest BCUT2D eigenvalue weighted by Crippen LogP contribution is -2.14. The lowest BCUT2D eigenvalue weighted by atomic mass is 10.3. The Morgan fingerprint density at radius 1 is 1.29 bits per heavy atom. The van der Waals surface area contributed by atoms with Crippen LogP contribution in [0.25, 0.3) is 5.69 Å². The number of benzene rings is 1. The monoisotopic (exact) mass is 327 g/mol. The number of rotatable bonds is 5. The quantitative estimate of drug-likeness (QED) is 0.778. The molecule has 0 radical (unpaired) electrons. The van der Waals surface area contributed by atoms with Gasteiger partial charge in [0.2, 0.25) is 5.88 Å². The van der Waals surface area contributed by atoms with Gasteiger partial charge < -0.3 is 10.1 Å². The maximum absolute atomic E-state index is 12.9. The molecule has 0 saturated heterocycles. The summed E-state index contributed by atoms with van der Waals surface area (Å²) in [6.45, 7) is 2.26. The summed E-state index contributed by atoms with van der Waals surface area (Å²) >= 11 is 0. The molecular formula is C16H14FN5O2. The Morgan fingerprint density at radius 2 is 2.08 bits per heavy atom. The number of aromatic nitrogens is 4. The normalized spacial score (nSPS) is 10.4. The molecule has 0 fully saturated rings. The summed E-state index contributed by atoms with van der Waals surface area (Å²) < 4.78 is 18.3. The van der Waals surface area contributed by atoms with Crippen LogP contribution in [-0.4, -0.2) is 32.5 Å². The second kappa shape index (κ2) is 6.86. The molecule has 0 unspecified atom stereocenters. The Balaban J connectivity index is 1.78. The van der Waals surface area contributed by atoms with E-state index in [9.17, 15) is 9.18 Å². The highest BCUT2D eigenvalue weighted by molar-refractivity contribution is 6.03. The van der Waals surface area contributed by atoms with E-state index < -0.39 is 5.91 Å². The first kappa shape index (κ1) is 15.6. The number of anilines is 1. The van der Waals surface area contributed by atoms with Crippen LogP contribution in [0.15, 0.2) is 48.8 Å². The summed E-state index contributed by atoms with van der Waals surface area (Å²) in [5, 5.41) is 10.8. The van der Waals surface area contributed by atoms with Crippen molar-refractivity contribution in [1.29, 1.82) is 0 Å². The van der Waals surface area contributed by atoms with Gasteiger partial charge in [-0.2, -0.15) is 9.90 Å². The number of hydrogen-bond acceptors (Lipinski definition) is 5. The van der Waals surface area contributed by atoms with E-state index in [0.29, 0.717) is 23.9 Å². The summed E-state index contributed by atoms with van der Waals surface area (Å²) in [5.41, 5.74) is 1.11. The second-order valence-electron chi connectivity index (χ2n) is 4.74. The molecule has 0 atom stereocenters. The van der Waals surface area contributed by atoms with Gasteiger partial charge in [-0.15, -0.1) is 5.10 Å². The van der Waals surface area contributed by atoms with Crippen LogP contribution < -0.4 is 10.1 Å². The summed E-state index contributed by atoms with van der Waals surface area (Å²) in [6.07, 6.45) is 2.90. The van der Waals surface area contributed by atoms with Crippen molar-refractivity contribution in [2.24, 2.45) is 0 Å². The summed E-state index contributed by atoms with van der Waals surface area (Å²) in [7, 11) is 0. The minimum atomic E-state index is -0.447. The first-order chi connectivity index (χ1) is 11.7. The van der Waals surface area contributed by atoms with Gasteiger partial charge in [-0.05, 0) is 43.3 Å². The molecule has 3 aromatic rings. The van der Waals surface area contributed by atoms with E-state index in [2.05, 4.69) is 20.5 Å². The Hall–Kier alpha value is -3.29. The molecule has 1 N–H and O–H groups in total. The molecule has 0 bridgehead atoms. The maximum Gasteiger partial charge on any atom is 0.278 e. The molecule has 0 saturated carbocycles. The van der Waals surface area contributed by atoms with Crippen LogP contribution in [0.3, 0.4) is 0 Å². The largest absolute Gasteiger partial charge is 0.476 e. The number of nitrogens with one attached hydrogen (secondary N) is 1. The first-order valence-corrected chi connectivity index (χ1v) is 7.25. The minimum absolute atomic E-state index is 0.116. The van der Waals surface area contributed by atoms with Gasteiger partial charge in [0.1, 0.15) is 11.5 Å². The highest BCUT2D eigenvalue weighted by Crippen LogP contribution is 2.21. The molecule has 2 aromatic heterocycles. The van der Waals surface area contributed by atoms with Crippen molar-refractivity contribution in [1.82, 2.24) is 20.0 Å². The van der Waals surface area contributed by atoms with Crippen molar-refractivity contribution in [2.75, 3.05) is 11.9 Å². The minimum Gasteiger partial charge on any atom is -0.476 e. The zero-order valence-electron chi connectivity index (χ0n) is 12.8. The zero-order chi connectivity index (χ0) is 16.9. The highest BCUT2D eigenvalue weighted by atomic mass is 19.1. The third kappa shape index (κ3) is 3.37. The van der Waals surface area contributed by atoms with Crippen LogP contribution in [0.5, 0.6) is 5.88 Å². The number of carbonyl (C=O) groups is 1. The van der Waals surface area contributed by atoms with Gasteiger partial charge >= 0.3 is 0 Å². The maximum atomic E-state index is 12.9. The molecule has 122 valence electrons. The van der Waals surface area contributed by atoms with E-state index in [1.807, 2.05) is 6.92 Å². The predicted molar refractivity (Wildman–Crippen MR) is 84.7 cm³/mol. The standard InChI is InChI=1S/C16H14FN5O2/c1-2-24-16-13(4-3-9-18-16)20-15(23)14-10-19-22(21-14)12-7-5-11(17)6-8-12/h3-10H,2H2,1H3,(H,20,23). The van der Waals surface area contributed by atoms with Crippen molar-refractivity contribution < 1.29 is 13.9 Å². The molecule has 24 heavy (non-hydrogen) atoms. The Bertz CT molecular complexity index is 848. The zero-order valence-corrected chi connectivity index (χ0v) is 12.8. The smallest absolute Gasteiger partial charge is 0.278 e. The van der Waals surface area contributed by atoms with E-state index >= 15 is 0 Å². The van der Waals surface area contributed by atoms with Crippen molar-refractivity contribution in [3.05, 3.63) is 60.3 Å². The fraction of sp³-hybridized carbons (Fsp3) is 0.125. The summed E-state index contributed by atoms with van der Waals surface area (Å²) in [4.78, 5) is 17.6. The lowest BCUT2D eigenvalue weighted by Gasteiger charge is -2.08. The van der Waals surface area contributed by atoms with Crippen molar-refractivity contribution in [3.8, 4) is 11.6 Å². The molecule has 2 heterocycles. The van der Waals surface area contributed by atoms with Gasteiger partial charge in [0.25, 0.3) is 5.91 Å². The van der Waals surface area contributed by atoms with Crippen LogP contribution in [0, 0.1) is 5.82 Å². The van der Waals surface area contributed by atoms with Gasteiger partial charge in [-0.3, -0.25) is 4.79 Å². The van der Waals surface area contributed by atoms with Crippen molar-refractivity contribution in [3.63, 3.8) is 0 Å². The molecule has 0 aliphatic rings. The second-order valence-corrected chi connectivity index (χ2v) is 4.74. The van der Waals surface area contributed by atoms with E-state index in [1.165, 1.54) is 35.3 Å². The summed E-state index contributed by atoms with van der Waals surface area (Å²) in [6, 6.07) is 9.00. The molecule has 0 spiro atoms. The molecule has 1 aromatic carbocycles. The van der Waals surface area contributed by atoms with Crippen molar-refractivity contribution in [2.45, 2.75) is 6.92 Å². The third-order valence-corrected chi connectivity index (χ3v) is 3.08. The number of ether oxygens (including phenoxy) is 1. The fourth-order valence-electron chi connectivity index (χ4n) is 1.99. The molecule has 3 rings (SSSR count). The first-order valence-electron chi connectivity index (χ1n) is 7.25. The van der Waals surface area contributed by atoms with Gasteiger partial charge in [0.15, 0.2) is 5.69 Å². The van der Waals surface area contributed by atoms with Gasteiger partial charge in [-0.1, -0.05) is 0 Å². The number of carbonyl (C=O) groups excluding carboxylic acids is 1. The third-order valence-electron chi connectivity index (χ3n) is 3.08. The van der Waals surface area contributed by atoms with Crippen LogP contribution in [0.4, 0.5) is 10.1 Å². The fourth-order valence-corrected chi connectivity index (χ4v) is 1.99. The van der Waals surface area contributed by atoms with Crippen LogP contribution in [-0.2, 0) is 0 Å². The number of hydrogen-bond donors (Lipinski definition) is 1. The number of nitrogens with zero attached hydrogens (tertiary/aromatic N) is 4. The molecule has 0 aliphatic carbocycles. The average Bonchev–Trinajstić information content (AvgIpc) is 3.08. The molecule has 1 amide bonds. The molecule has 7 nitrogen and oxygen atoms in total. The van der Waals surface area contributed by atoms with Gasteiger partial charge in [0.05, 0.1) is 18.5 Å². The lowest BCUT2D eigenvalue weighted by molar-refractivity contribution is 0.102. The van der Waals surface area contributed by atoms with Crippen LogP contribution in [0.1, 0.15) is 17.4 Å². The van der Waals surface area contributed by atoms with Gasteiger partial charge in [0, 0.05) is 6.20 Å². The van der Waals surface area contributed by atoms with E-state index in [-0.39, 0.29) is 11.5 Å². The van der Waals surface area contributed by atoms with Crippen LogP contribution >= 0.6 is 0 Å². The van der Waals surface area contributed by atoms with Crippen molar-refractivity contribution >= 4 is 11.6 Å². The number of halogens is 1. The Kier molecular flexibility index (Phi) is 4.46. The summed E-state index contributed by atoms with van der Waals surface area (Å²) in [5.74, 6) is -0.472. The molecular weight excluding hydrogens is 313 g/mol. The Morgan fingerprint density at radius 3 is 2.83 bits per heavy atom. The molecule has 0 aliphatic heterocycles. The molecule has 8 heteroatoms. The predicted octanol–water partition coefficient (Wildman–Crippen LogP) is 2.45. The topological polar surface area (TPSA) is 81.9 Å². The van der Waals surface area contributed by atoms with Crippen LogP contribution in [0.2, 0.25) is 0 Å².